The highest BCUT2D eigenvalue weighted by Crippen LogP contribution is 2.31. The molecule has 86 valence electrons. The van der Waals surface area contributed by atoms with Crippen LogP contribution in [0, 0.1) is 13.8 Å². The van der Waals surface area contributed by atoms with Gasteiger partial charge >= 0.3 is 0 Å². The van der Waals surface area contributed by atoms with Gasteiger partial charge in [0.1, 0.15) is 6.04 Å². The molecule has 0 fully saturated rings. The summed E-state index contributed by atoms with van der Waals surface area (Å²) in [6.45, 7) is 4.05. The average molecular weight is 239 g/mol. The van der Waals surface area contributed by atoms with Crippen LogP contribution in [0.25, 0.3) is 0 Å². The average Bonchev–Trinajstić information content (AvgIpc) is 2.61. The van der Waals surface area contributed by atoms with Crippen molar-refractivity contribution in [3.8, 4) is 0 Å². The minimum atomic E-state index is -1.10. The molecular formula is C11H14FN3S. The first kappa shape index (κ1) is 11.3. The number of hydrogen-bond acceptors (Lipinski definition) is 2. The summed E-state index contributed by atoms with van der Waals surface area (Å²) < 4.78 is 13.8. The Morgan fingerprint density at radius 3 is 2.81 bits per heavy atom. The zero-order valence-electron chi connectivity index (χ0n) is 9.49. The molecule has 2 unspecified atom stereocenters. The van der Waals surface area contributed by atoms with Crippen LogP contribution in [0.3, 0.4) is 0 Å². The Kier molecular flexibility index (Phi) is 3.05. The second kappa shape index (κ2) is 4.33. The van der Waals surface area contributed by atoms with E-state index in [0.29, 0.717) is 5.96 Å². The summed E-state index contributed by atoms with van der Waals surface area (Å²) in [5, 5.41) is 5.06. The Morgan fingerprint density at radius 2 is 2.25 bits per heavy atom. The van der Waals surface area contributed by atoms with Crippen molar-refractivity contribution >= 4 is 23.5 Å². The maximum atomic E-state index is 13.8. The number of aliphatic imine (C=N–C) groups is 2. The van der Waals surface area contributed by atoms with Gasteiger partial charge in [0.05, 0.1) is 0 Å². The molecule has 0 aromatic carbocycles. The number of aryl methyl sites for hydroxylation is 1. The van der Waals surface area contributed by atoms with Gasteiger partial charge in [0.15, 0.2) is 6.17 Å². The maximum Gasteiger partial charge on any atom is 0.218 e. The van der Waals surface area contributed by atoms with Crippen molar-refractivity contribution in [3.05, 3.63) is 21.4 Å². The van der Waals surface area contributed by atoms with Gasteiger partial charge in [-0.15, -0.1) is 11.3 Å². The summed E-state index contributed by atoms with van der Waals surface area (Å²) in [5.74, 6) is 0.490. The molecule has 0 saturated carbocycles. The summed E-state index contributed by atoms with van der Waals surface area (Å²) in [6.07, 6.45) is 0.222. The van der Waals surface area contributed by atoms with Crippen LogP contribution in [0.4, 0.5) is 4.39 Å². The van der Waals surface area contributed by atoms with E-state index in [4.69, 9.17) is 0 Å². The van der Waals surface area contributed by atoms with Gasteiger partial charge in [0.25, 0.3) is 0 Å². The predicted octanol–water partition coefficient (Wildman–Crippen LogP) is 2.40. The molecule has 3 nitrogen and oxygen atoms in total. The van der Waals surface area contributed by atoms with Crippen molar-refractivity contribution < 1.29 is 4.39 Å². The number of alkyl halides is 1. The third-order valence-corrected chi connectivity index (χ3v) is 4.05. The van der Waals surface area contributed by atoms with Gasteiger partial charge in [-0.05, 0) is 30.4 Å². The van der Waals surface area contributed by atoms with Crippen molar-refractivity contribution in [1.82, 2.24) is 5.32 Å². The first-order chi connectivity index (χ1) is 7.63. The smallest absolute Gasteiger partial charge is 0.218 e. The van der Waals surface area contributed by atoms with Crippen LogP contribution >= 0.6 is 11.3 Å². The standard InChI is InChI=1S/C11H14FN3S/c1-6-5-16-10(7(6)2)9-8(12)4-14-11(13-3)15-9/h4-5,8-9H,1-3H3,(H,13,15). The normalized spacial score (nSPS) is 27.1. The van der Waals surface area contributed by atoms with Gasteiger partial charge in [-0.3, -0.25) is 4.99 Å². The second-order valence-corrected chi connectivity index (χ2v) is 4.71. The molecule has 1 aliphatic heterocycles. The van der Waals surface area contributed by atoms with Crippen LogP contribution in [-0.4, -0.2) is 25.4 Å². The van der Waals surface area contributed by atoms with Gasteiger partial charge in [-0.2, -0.15) is 0 Å². The lowest BCUT2D eigenvalue weighted by molar-refractivity contribution is 0.351. The van der Waals surface area contributed by atoms with E-state index in [1.807, 2.05) is 19.2 Å². The Hall–Kier alpha value is -1.23. The number of nitrogens with one attached hydrogen (secondary N) is 1. The van der Waals surface area contributed by atoms with Crippen molar-refractivity contribution in [2.24, 2.45) is 9.98 Å². The quantitative estimate of drug-likeness (QED) is 0.802. The van der Waals surface area contributed by atoms with E-state index in [1.54, 1.807) is 18.4 Å². The monoisotopic (exact) mass is 239 g/mol. The Balaban J connectivity index is 2.34. The highest BCUT2D eigenvalue weighted by atomic mass is 32.1. The summed E-state index contributed by atoms with van der Waals surface area (Å²) in [4.78, 5) is 8.85. The molecule has 2 rings (SSSR count). The van der Waals surface area contributed by atoms with Crippen LogP contribution < -0.4 is 5.32 Å². The van der Waals surface area contributed by atoms with Gasteiger partial charge < -0.3 is 5.32 Å². The molecule has 2 atom stereocenters. The number of rotatable bonds is 1. The van der Waals surface area contributed by atoms with Gasteiger partial charge in [0, 0.05) is 18.1 Å². The van der Waals surface area contributed by atoms with E-state index < -0.39 is 6.17 Å². The van der Waals surface area contributed by atoms with Gasteiger partial charge in [-0.25, -0.2) is 9.38 Å². The second-order valence-electron chi connectivity index (χ2n) is 3.80. The molecule has 16 heavy (non-hydrogen) atoms. The fraction of sp³-hybridized carbons (Fsp3) is 0.455. The van der Waals surface area contributed by atoms with E-state index in [9.17, 15) is 4.39 Å². The van der Waals surface area contributed by atoms with Crippen molar-refractivity contribution in [2.45, 2.75) is 26.1 Å². The molecule has 0 aliphatic carbocycles. The van der Waals surface area contributed by atoms with E-state index in [0.717, 1.165) is 10.4 Å². The van der Waals surface area contributed by atoms with E-state index in [-0.39, 0.29) is 6.04 Å². The number of hydrogen-bond donors (Lipinski definition) is 1. The van der Waals surface area contributed by atoms with Crippen molar-refractivity contribution in [2.75, 3.05) is 7.05 Å². The number of thiophene rings is 1. The van der Waals surface area contributed by atoms with Crippen LogP contribution in [-0.2, 0) is 0 Å². The molecule has 1 aromatic rings. The Labute approximate surface area is 98.1 Å². The molecular weight excluding hydrogens is 225 g/mol. The largest absolute Gasteiger partial charge is 0.344 e. The minimum absolute atomic E-state index is 0.352. The molecule has 0 spiro atoms. The highest BCUT2D eigenvalue weighted by Gasteiger charge is 2.28. The van der Waals surface area contributed by atoms with Crippen LogP contribution in [0.15, 0.2) is 15.4 Å². The summed E-state index contributed by atoms with van der Waals surface area (Å²) >= 11 is 1.58. The molecule has 2 heterocycles. The SMILES string of the molecule is CN=C1N=CC(F)C(c2scc(C)c2C)N1. The molecule has 1 N–H and O–H groups in total. The molecule has 0 amide bonds. The van der Waals surface area contributed by atoms with Gasteiger partial charge in [0.2, 0.25) is 5.96 Å². The van der Waals surface area contributed by atoms with Crippen LogP contribution in [0.1, 0.15) is 22.0 Å². The maximum absolute atomic E-state index is 13.8. The van der Waals surface area contributed by atoms with E-state index >= 15 is 0 Å². The molecule has 0 radical (unpaired) electrons. The topological polar surface area (TPSA) is 36.8 Å². The fourth-order valence-corrected chi connectivity index (χ4v) is 2.80. The number of nitrogens with zero attached hydrogens (tertiary/aromatic N) is 2. The summed E-state index contributed by atoms with van der Waals surface area (Å²) in [6, 6.07) is -0.352. The lowest BCUT2D eigenvalue weighted by Crippen LogP contribution is -2.38. The molecule has 1 aromatic heterocycles. The minimum Gasteiger partial charge on any atom is -0.344 e. The lowest BCUT2D eigenvalue weighted by atomic mass is 10.1. The van der Waals surface area contributed by atoms with E-state index in [1.165, 1.54) is 11.8 Å². The van der Waals surface area contributed by atoms with Crippen LogP contribution in [0.5, 0.6) is 0 Å². The van der Waals surface area contributed by atoms with Gasteiger partial charge in [-0.1, -0.05) is 0 Å². The molecule has 0 bridgehead atoms. The lowest BCUT2D eigenvalue weighted by Gasteiger charge is -2.24. The summed E-state index contributed by atoms with van der Waals surface area (Å²) in [5.41, 5.74) is 2.35. The fourth-order valence-electron chi connectivity index (χ4n) is 1.65. The first-order valence-electron chi connectivity index (χ1n) is 5.09. The number of halogens is 1. The molecule has 1 aliphatic rings. The van der Waals surface area contributed by atoms with E-state index in [2.05, 4.69) is 15.3 Å². The van der Waals surface area contributed by atoms with Crippen molar-refractivity contribution in [1.29, 1.82) is 0 Å². The number of guanidine groups is 1. The van der Waals surface area contributed by atoms with Crippen LogP contribution in [0.2, 0.25) is 0 Å². The summed E-state index contributed by atoms with van der Waals surface area (Å²) in [7, 11) is 1.64. The zero-order valence-corrected chi connectivity index (χ0v) is 10.3. The zero-order chi connectivity index (χ0) is 11.7. The predicted molar refractivity (Wildman–Crippen MR) is 66.4 cm³/mol. The Bertz CT molecular complexity index is 450. The Morgan fingerprint density at radius 1 is 1.50 bits per heavy atom. The molecule has 0 saturated heterocycles. The first-order valence-corrected chi connectivity index (χ1v) is 5.97. The van der Waals surface area contributed by atoms with Crippen molar-refractivity contribution in [3.63, 3.8) is 0 Å². The third kappa shape index (κ3) is 1.87. The third-order valence-electron chi connectivity index (χ3n) is 2.76. The molecule has 5 heteroatoms. The highest BCUT2D eigenvalue weighted by molar-refractivity contribution is 7.10.